The minimum Gasteiger partial charge on any atom is -0.469 e. The fourth-order valence-corrected chi connectivity index (χ4v) is 2.52. The Balaban J connectivity index is 2.34. The van der Waals surface area contributed by atoms with Crippen LogP contribution in [0.2, 0.25) is 0 Å². The van der Waals surface area contributed by atoms with Crippen LogP contribution in [0.4, 0.5) is 0 Å². The average molecular weight is 408 g/mol. The quantitative estimate of drug-likeness (QED) is 0.437. The fourth-order valence-electron chi connectivity index (χ4n) is 1.66. The number of halogens is 2. The summed E-state index contributed by atoms with van der Waals surface area (Å²) >= 11 is 6.44. The van der Waals surface area contributed by atoms with Crippen LogP contribution in [0.25, 0.3) is 0 Å². The summed E-state index contributed by atoms with van der Waals surface area (Å²) in [6, 6.07) is 4.77. The van der Waals surface area contributed by atoms with Gasteiger partial charge in [0.15, 0.2) is 17.3 Å². The van der Waals surface area contributed by atoms with E-state index in [-0.39, 0.29) is 12.4 Å². The predicted molar refractivity (Wildman–Crippen MR) is 78.7 cm³/mol. The van der Waals surface area contributed by atoms with Gasteiger partial charge < -0.3 is 14.2 Å². The average Bonchev–Trinajstić information content (AvgIpc) is 2.39. The van der Waals surface area contributed by atoms with Crippen LogP contribution in [0.1, 0.15) is 24.2 Å². The van der Waals surface area contributed by atoms with Gasteiger partial charge in [-0.05, 0) is 63.9 Å². The lowest BCUT2D eigenvalue weighted by molar-refractivity contribution is -0.157. The van der Waals surface area contributed by atoms with Crippen LogP contribution in [0.3, 0.4) is 0 Å². The van der Waals surface area contributed by atoms with Crippen LogP contribution in [0, 0.1) is 0 Å². The number of carbonyl (C=O) groups excluding carboxylic acids is 2. The van der Waals surface area contributed by atoms with Crippen molar-refractivity contribution in [2.24, 2.45) is 0 Å². The molecule has 0 aromatic heterocycles. The molecule has 1 heterocycles. The van der Waals surface area contributed by atoms with Crippen molar-refractivity contribution in [2.75, 3.05) is 6.61 Å². The Kier molecular flexibility index (Phi) is 4.39. The number of esters is 1. The van der Waals surface area contributed by atoms with Gasteiger partial charge in [0.05, 0.1) is 6.61 Å². The number of fused-ring (bicyclic) bond motifs is 1. The third-order valence-corrected chi connectivity index (χ3v) is 5.03. The summed E-state index contributed by atoms with van der Waals surface area (Å²) in [6.07, 6.45) is 0. The lowest BCUT2D eigenvalue weighted by Crippen LogP contribution is -2.52. The zero-order valence-electron chi connectivity index (χ0n) is 10.8. The zero-order chi connectivity index (χ0) is 14.9. The van der Waals surface area contributed by atoms with E-state index in [2.05, 4.69) is 31.9 Å². The van der Waals surface area contributed by atoms with Crippen molar-refractivity contribution in [2.45, 2.75) is 23.4 Å². The normalized spacial score (nSPS) is 24.1. The third kappa shape index (κ3) is 2.69. The molecule has 0 spiro atoms. The Morgan fingerprint density at radius 1 is 1.40 bits per heavy atom. The molecule has 5 nitrogen and oxygen atoms in total. The molecule has 0 bridgehead atoms. The molecule has 0 amide bonds. The van der Waals surface area contributed by atoms with E-state index in [4.69, 9.17) is 14.2 Å². The van der Waals surface area contributed by atoms with Gasteiger partial charge in [-0.15, -0.1) is 0 Å². The van der Waals surface area contributed by atoms with E-state index in [1.54, 1.807) is 25.1 Å². The molecule has 0 saturated heterocycles. The molecule has 108 valence electrons. The number of carbonyl (C=O) groups is 2. The van der Waals surface area contributed by atoms with Crippen LogP contribution in [-0.4, -0.2) is 27.9 Å². The number of Topliss-reactive ketones (excluding diaryl/α,β-unsaturated/α-hetero) is 1. The summed E-state index contributed by atoms with van der Waals surface area (Å²) in [4.78, 5) is 23.3. The maximum Gasteiger partial charge on any atom is 0.366 e. The first-order valence-electron chi connectivity index (χ1n) is 5.89. The van der Waals surface area contributed by atoms with Crippen LogP contribution < -0.4 is 9.47 Å². The van der Waals surface area contributed by atoms with Gasteiger partial charge in [-0.2, -0.15) is 0 Å². The SMILES string of the molecule is CCOC(=O)C1(Br)Oc2ccc(C(C)=O)cc2OC1Br. The van der Waals surface area contributed by atoms with E-state index < -0.39 is 15.5 Å². The second kappa shape index (κ2) is 5.73. The first-order chi connectivity index (χ1) is 9.38. The van der Waals surface area contributed by atoms with Crippen molar-refractivity contribution in [1.29, 1.82) is 0 Å². The molecule has 0 fully saturated rings. The summed E-state index contributed by atoms with van der Waals surface area (Å²) in [7, 11) is 0. The van der Waals surface area contributed by atoms with Gasteiger partial charge in [0.1, 0.15) is 0 Å². The van der Waals surface area contributed by atoms with Crippen molar-refractivity contribution in [3.8, 4) is 11.5 Å². The van der Waals surface area contributed by atoms with Gasteiger partial charge in [0.25, 0.3) is 0 Å². The van der Waals surface area contributed by atoms with E-state index in [1.807, 2.05) is 0 Å². The smallest absolute Gasteiger partial charge is 0.366 e. The number of alkyl halides is 2. The first kappa shape index (κ1) is 15.3. The van der Waals surface area contributed by atoms with Gasteiger partial charge in [-0.1, -0.05) is 0 Å². The molecule has 0 radical (unpaired) electrons. The highest BCUT2D eigenvalue weighted by atomic mass is 79.9. The minimum absolute atomic E-state index is 0.0800. The molecule has 1 aliphatic rings. The van der Waals surface area contributed by atoms with Crippen molar-refractivity contribution >= 4 is 43.6 Å². The van der Waals surface area contributed by atoms with Crippen LogP contribution in [0.5, 0.6) is 11.5 Å². The molecule has 0 N–H and O–H groups in total. The molecule has 1 aromatic carbocycles. The van der Waals surface area contributed by atoms with Crippen LogP contribution in [0.15, 0.2) is 18.2 Å². The molecule has 1 aromatic rings. The van der Waals surface area contributed by atoms with E-state index in [0.717, 1.165) is 0 Å². The van der Waals surface area contributed by atoms with Gasteiger partial charge in [-0.25, -0.2) is 4.79 Å². The minimum atomic E-state index is -1.46. The van der Waals surface area contributed by atoms with Crippen molar-refractivity contribution in [1.82, 2.24) is 0 Å². The Morgan fingerprint density at radius 3 is 2.70 bits per heavy atom. The fraction of sp³-hybridized carbons (Fsp3) is 0.385. The summed E-state index contributed by atoms with van der Waals surface area (Å²) in [5, 5.41) is -0.788. The lowest BCUT2D eigenvalue weighted by Gasteiger charge is -2.35. The van der Waals surface area contributed by atoms with E-state index in [1.165, 1.54) is 6.92 Å². The summed E-state index contributed by atoms with van der Waals surface area (Å²) in [5.41, 5.74) is 0.505. The summed E-state index contributed by atoms with van der Waals surface area (Å²) in [6.45, 7) is 3.39. The third-order valence-electron chi connectivity index (χ3n) is 2.68. The molecular weight excluding hydrogens is 396 g/mol. The largest absolute Gasteiger partial charge is 0.469 e. The second-order valence-corrected chi connectivity index (χ2v) is 6.13. The maximum absolute atomic E-state index is 12.0. The van der Waals surface area contributed by atoms with Gasteiger partial charge in [-0.3, -0.25) is 4.79 Å². The number of ketones is 1. The maximum atomic E-state index is 12.0. The van der Waals surface area contributed by atoms with Gasteiger partial charge >= 0.3 is 10.5 Å². The van der Waals surface area contributed by atoms with Crippen LogP contribution in [-0.2, 0) is 9.53 Å². The molecule has 2 rings (SSSR count). The Labute approximate surface area is 132 Å². The topological polar surface area (TPSA) is 61.8 Å². The zero-order valence-corrected chi connectivity index (χ0v) is 14.0. The first-order valence-corrected chi connectivity index (χ1v) is 7.60. The molecule has 20 heavy (non-hydrogen) atoms. The molecule has 1 aliphatic heterocycles. The highest BCUT2D eigenvalue weighted by Crippen LogP contribution is 2.44. The number of benzene rings is 1. The highest BCUT2D eigenvalue weighted by Gasteiger charge is 2.51. The Bertz CT molecular complexity index is 560. The standard InChI is InChI=1S/C13H12Br2O5/c1-3-18-12(17)13(15)11(14)19-10-6-8(7(2)16)4-5-9(10)20-13/h4-6,11H,3H2,1-2H3. The molecule has 0 saturated carbocycles. The molecule has 2 unspecified atom stereocenters. The Morgan fingerprint density at radius 2 is 2.10 bits per heavy atom. The lowest BCUT2D eigenvalue weighted by atomic mass is 10.1. The molecular formula is C13H12Br2O5. The summed E-state index contributed by atoms with van der Waals surface area (Å²) < 4.78 is 14.7. The van der Waals surface area contributed by atoms with E-state index >= 15 is 0 Å². The predicted octanol–water partition coefficient (Wildman–Crippen LogP) is 3.04. The molecule has 0 aliphatic carbocycles. The van der Waals surface area contributed by atoms with Gasteiger partial charge in [0, 0.05) is 5.56 Å². The molecule has 2 atom stereocenters. The molecule has 7 heteroatoms. The van der Waals surface area contributed by atoms with Crippen molar-refractivity contribution < 1.29 is 23.8 Å². The summed E-state index contributed by atoms with van der Waals surface area (Å²) in [5.74, 6) is 0.0707. The van der Waals surface area contributed by atoms with E-state index in [9.17, 15) is 9.59 Å². The number of ether oxygens (including phenoxy) is 3. The number of rotatable bonds is 3. The number of hydrogen-bond donors (Lipinski definition) is 0. The highest BCUT2D eigenvalue weighted by molar-refractivity contribution is 9.12. The Hall–Kier alpha value is -1.08. The van der Waals surface area contributed by atoms with E-state index in [0.29, 0.717) is 17.1 Å². The van der Waals surface area contributed by atoms with Crippen molar-refractivity contribution in [3.05, 3.63) is 23.8 Å². The second-order valence-electron chi connectivity index (χ2n) is 4.12. The monoisotopic (exact) mass is 406 g/mol. The van der Waals surface area contributed by atoms with Gasteiger partial charge in [0.2, 0.25) is 5.01 Å². The van der Waals surface area contributed by atoms with Crippen LogP contribution >= 0.6 is 31.9 Å². The number of hydrogen-bond acceptors (Lipinski definition) is 5. The van der Waals surface area contributed by atoms with Crippen molar-refractivity contribution in [3.63, 3.8) is 0 Å².